The number of carbonyl (C=O) groups excluding carboxylic acids is 1. The van der Waals surface area contributed by atoms with Crippen molar-refractivity contribution in [3.63, 3.8) is 0 Å². The van der Waals surface area contributed by atoms with Gasteiger partial charge in [0, 0.05) is 19.2 Å². The van der Waals surface area contributed by atoms with E-state index in [4.69, 9.17) is 5.26 Å². The minimum Gasteiger partial charge on any atom is -0.319 e. The molecule has 0 aromatic heterocycles. The van der Waals surface area contributed by atoms with Crippen molar-refractivity contribution in [3.05, 3.63) is 35.6 Å². The fourth-order valence-corrected chi connectivity index (χ4v) is 2.04. The van der Waals surface area contributed by atoms with Crippen LogP contribution in [0.25, 0.3) is 0 Å². The van der Waals surface area contributed by atoms with Crippen LogP contribution in [0.3, 0.4) is 0 Å². The van der Waals surface area contributed by atoms with E-state index in [-0.39, 0.29) is 24.4 Å². The molecule has 1 aliphatic rings. The van der Waals surface area contributed by atoms with Crippen LogP contribution in [-0.2, 0) is 0 Å². The van der Waals surface area contributed by atoms with E-state index >= 15 is 0 Å². The minimum atomic E-state index is -0.323. The van der Waals surface area contributed by atoms with E-state index in [0.29, 0.717) is 12.1 Å². The van der Waals surface area contributed by atoms with Gasteiger partial charge in [-0.2, -0.15) is 5.26 Å². The molecule has 0 aliphatic carbocycles. The quantitative estimate of drug-likeness (QED) is 0.731. The zero-order valence-electron chi connectivity index (χ0n) is 9.43. The molecule has 4 nitrogen and oxygen atoms in total. The Kier molecular flexibility index (Phi) is 2.96. The molecule has 2 rings (SSSR count). The molecular formula is C12H12FN3O. The van der Waals surface area contributed by atoms with Gasteiger partial charge < -0.3 is 9.80 Å². The van der Waals surface area contributed by atoms with Gasteiger partial charge >= 0.3 is 6.03 Å². The Morgan fingerprint density at radius 3 is 2.88 bits per heavy atom. The summed E-state index contributed by atoms with van der Waals surface area (Å²) in [6.45, 7) is 0.387. The number of hydrogen-bond donors (Lipinski definition) is 0. The van der Waals surface area contributed by atoms with Gasteiger partial charge in [0.1, 0.15) is 12.4 Å². The Morgan fingerprint density at radius 2 is 2.24 bits per heavy atom. The zero-order chi connectivity index (χ0) is 12.4. The Balaban J connectivity index is 2.27. The third-order valence-corrected chi connectivity index (χ3v) is 2.96. The van der Waals surface area contributed by atoms with Gasteiger partial charge in [0.2, 0.25) is 0 Å². The summed E-state index contributed by atoms with van der Waals surface area (Å²) < 4.78 is 13.6. The van der Waals surface area contributed by atoms with Crippen LogP contribution in [0.15, 0.2) is 24.3 Å². The summed E-state index contributed by atoms with van der Waals surface area (Å²) in [4.78, 5) is 14.7. The lowest BCUT2D eigenvalue weighted by molar-refractivity contribution is 0.198. The van der Waals surface area contributed by atoms with Crippen LogP contribution in [0, 0.1) is 17.1 Å². The highest BCUT2D eigenvalue weighted by atomic mass is 19.1. The van der Waals surface area contributed by atoms with Crippen molar-refractivity contribution in [2.75, 3.05) is 20.1 Å². The van der Waals surface area contributed by atoms with E-state index in [0.717, 1.165) is 0 Å². The maximum absolute atomic E-state index is 13.6. The Morgan fingerprint density at radius 1 is 1.53 bits per heavy atom. The van der Waals surface area contributed by atoms with Crippen LogP contribution in [0.2, 0.25) is 0 Å². The summed E-state index contributed by atoms with van der Waals surface area (Å²) >= 11 is 0. The summed E-state index contributed by atoms with van der Waals surface area (Å²) in [6.07, 6.45) is 0. The predicted molar refractivity (Wildman–Crippen MR) is 59.5 cm³/mol. The maximum Gasteiger partial charge on any atom is 0.321 e. The second-order valence-corrected chi connectivity index (χ2v) is 3.97. The standard InChI is InChI=1S/C12H12FN3O/c1-15-11(8-16(7-6-14)12(15)17)9-4-2-3-5-10(9)13/h2-5,11H,7-8H2,1H3. The van der Waals surface area contributed by atoms with Gasteiger partial charge in [0.05, 0.1) is 12.1 Å². The van der Waals surface area contributed by atoms with Crippen LogP contribution in [-0.4, -0.2) is 36.0 Å². The molecule has 0 spiro atoms. The summed E-state index contributed by atoms with van der Waals surface area (Å²) in [5.41, 5.74) is 0.490. The molecular weight excluding hydrogens is 221 g/mol. The molecule has 1 aliphatic heterocycles. The maximum atomic E-state index is 13.6. The monoisotopic (exact) mass is 233 g/mol. The smallest absolute Gasteiger partial charge is 0.319 e. The van der Waals surface area contributed by atoms with Gasteiger partial charge in [0.15, 0.2) is 0 Å². The number of urea groups is 1. The highest BCUT2D eigenvalue weighted by Gasteiger charge is 2.36. The molecule has 0 bridgehead atoms. The van der Waals surface area contributed by atoms with Crippen LogP contribution in [0.4, 0.5) is 9.18 Å². The van der Waals surface area contributed by atoms with Gasteiger partial charge in [-0.15, -0.1) is 0 Å². The first-order valence-corrected chi connectivity index (χ1v) is 5.28. The molecule has 17 heavy (non-hydrogen) atoms. The molecule has 5 heteroatoms. The number of nitrogens with zero attached hydrogens (tertiary/aromatic N) is 3. The van der Waals surface area contributed by atoms with Gasteiger partial charge in [-0.05, 0) is 6.07 Å². The largest absolute Gasteiger partial charge is 0.321 e. The molecule has 1 atom stereocenters. The van der Waals surface area contributed by atoms with E-state index in [1.165, 1.54) is 15.9 Å². The van der Waals surface area contributed by atoms with Crippen LogP contribution in [0.1, 0.15) is 11.6 Å². The lowest BCUT2D eigenvalue weighted by Gasteiger charge is -2.18. The van der Waals surface area contributed by atoms with E-state index in [2.05, 4.69) is 0 Å². The number of carbonyl (C=O) groups is 1. The molecule has 1 unspecified atom stereocenters. The van der Waals surface area contributed by atoms with Crippen molar-refractivity contribution in [1.29, 1.82) is 5.26 Å². The Bertz CT molecular complexity index is 483. The van der Waals surface area contributed by atoms with Crippen molar-refractivity contribution in [2.45, 2.75) is 6.04 Å². The average Bonchev–Trinajstić information content (AvgIpc) is 2.59. The number of amides is 2. The number of rotatable bonds is 2. The molecule has 1 saturated heterocycles. The minimum absolute atomic E-state index is 0.0358. The number of nitriles is 1. The predicted octanol–water partition coefficient (Wildman–Crippen LogP) is 1.76. The lowest BCUT2D eigenvalue weighted by atomic mass is 10.1. The van der Waals surface area contributed by atoms with Crippen LogP contribution < -0.4 is 0 Å². The van der Waals surface area contributed by atoms with E-state index in [1.54, 1.807) is 25.2 Å². The molecule has 2 amide bonds. The summed E-state index contributed by atoms with van der Waals surface area (Å²) in [6, 6.07) is 7.77. The lowest BCUT2D eigenvalue weighted by Crippen LogP contribution is -2.29. The van der Waals surface area contributed by atoms with E-state index in [9.17, 15) is 9.18 Å². The Labute approximate surface area is 98.9 Å². The zero-order valence-corrected chi connectivity index (χ0v) is 9.43. The van der Waals surface area contributed by atoms with Gasteiger partial charge in [0.25, 0.3) is 0 Å². The molecule has 0 N–H and O–H groups in total. The second-order valence-electron chi connectivity index (χ2n) is 3.97. The van der Waals surface area contributed by atoms with Crippen LogP contribution >= 0.6 is 0 Å². The number of likely N-dealkylation sites (N-methyl/N-ethyl adjacent to an activating group) is 1. The van der Waals surface area contributed by atoms with Crippen molar-refractivity contribution in [1.82, 2.24) is 9.80 Å². The molecule has 1 fully saturated rings. The third-order valence-electron chi connectivity index (χ3n) is 2.96. The molecule has 0 saturated carbocycles. The normalized spacial score (nSPS) is 19.6. The first-order valence-electron chi connectivity index (χ1n) is 5.28. The second kappa shape index (κ2) is 4.42. The first kappa shape index (κ1) is 11.4. The highest BCUT2D eigenvalue weighted by Crippen LogP contribution is 2.29. The van der Waals surface area contributed by atoms with E-state index in [1.807, 2.05) is 6.07 Å². The van der Waals surface area contributed by atoms with Gasteiger partial charge in [-0.1, -0.05) is 18.2 Å². The average molecular weight is 233 g/mol. The van der Waals surface area contributed by atoms with Gasteiger partial charge in [-0.3, -0.25) is 0 Å². The first-order chi connectivity index (χ1) is 8.15. The SMILES string of the molecule is CN1C(=O)N(CC#N)CC1c1ccccc1F. The Hall–Kier alpha value is -2.09. The molecule has 1 aromatic carbocycles. The molecule has 0 radical (unpaired) electrons. The number of benzene rings is 1. The third kappa shape index (κ3) is 1.94. The number of hydrogen-bond acceptors (Lipinski definition) is 2. The van der Waals surface area contributed by atoms with Crippen molar-refractivity contribution >= 4 is 6.03 Å². The fraction of sp³-hybridized carbons (Fsp3) is 0.333. The van der Waals surface area contributed by atoms with Gasteiger partial charge in [-0.25, -0.2) is 9.18 Å². The van der Waals surface area contributed by atoms with Crippen molar-refractivity contribution < 1.29 is 9.18 Å². The number of halogens is 1. The molecule has 1 aromatic rings. The highest BCUT2D eigenvalue weighted by molar-refractivity contribution is 5.77. The van der Waals surface area contributed by atoms with Crippen molar-refractivity contribution in [2.24, 2.45) is 0 Å². The fourth-order valence-electron chi connectivity index (χ4n) is 2.04. The van der Waals surface area contributed by atoms with Crippen molar-refractivity contribution in [3.8, 4) is 6.07 Å². The summed E-state index contributed by atoms with van der Waals surface area (Å²) in [7, 11) is 1.62. The van der Waals surface area contributed by atoms with Crippen LogP contribution in [0.5, 0.6) is 0 Å². The topological polar surface area (TPSA) is 47.3 Å². The molecule has 1 heterocycles. The summed E-state index contributed by atoms with van der Waals surface area (Å²) in [5.74, 6) is -0.323. The van der Waals surface area contributed by atoms with E-state index < -0.39 is 0 Å². The summed E-state index contributed by atoms with van der Waals surface area (Å²) in [5, 5.41) is 8.61. The molecule has 88 valence electrons.